The minimum atomic E-state index is -0.436. The molecule has 3 atom stereocenters. The third kappa shape index (κ3) is 5.34. The third-order valence-corrected chi connectivity index (χ3v) is 11.5. The zero-order valence-electron chi connectivity index (χ0n) is 18.1. The predicted molar refractivity (Wildman–Crippen MR) is 130 cm³/mol. The molecule has 0 nitrogen and oxygen atoms in total. The molecule has 0 amide bonds. The Hall–Kier alpha value is 1.43. The van der Waals surface area contributed by atoms with Crippen LogP contribution >= 0.6 is 50.5 Å². The van der Waals surface area contributed by atoms with Gasteiger partial charge in [0.25, 0.3) is 0 Å². The molecule has 0 spiro atoms. The van der Waals surface area contributed by atoms with Crippen molar-refractivity contribution in [1.82, 2.24) is 0 Å². The summed E-state index contributed by atoms with van der Waals surface area (Å²) in [5.41, 5.74) is 1.61. The molecule has 163 valence electrons. The van der Waals surface area contributed by atoms with Gasteiger partial charge in [0.15, 0.2) is 0 Å². The molecule has 1 aliphatic heterocycles. The first-order valence-corrected chi connectivity index (χ1v) is 16.3. The van der Waals surface area contributed by atoms with Gasteiger partial charge in [0.2, 0.25) is 0 Å². The van der Waals surface area contributed by atoms with Gasteiger partial charge < -0.3 is 0 Å². The summed E-state index contributed by atoms with van der Waals surface area (Å²) in [4.78, 5) is 0. The van der Waals surface area contributed by atoms with Crippen LogP contribution < -0.4 is 5.30 Å². The number of hydrogen-bond donors (Lipinski definition) is 0. The topological polar surface area (TPSA) is 0 Å². The monoisotopic (exact) mass is 580 g/mol. The molecule has 1 saturated heterocycles. The maximum atomic E-state index is 6.32. The average Bonchev–Trinajstić information content (AvgIpc) is 2.92. The van der Waals surface area contributed by atoms with Crippen LogP contribution in [0.5, 0.6) is 0 Å². The molecular weight excluding hydrogens is 552 g/mol. The van der Waals surface area contributed by atoms with Crippen LogP contribution in [0.1, 0.15) is 47.1 Å². The van der Waals surface area contributed by atoms with Crippen molar-refractivity contribution < 1.29 is 15.1 Å². The molecule has 2 aliphatic carbocycles. The maximum absolute atomic E-state index is 6.32. The van der Waals surface area contributed by atoms with Gasteiger partial charge in [-0.25, -0.2) is 0 Å². The number of fused-ring (bicyclic) bond motifs is 1. The van der Waals surface area contributed by atoms with Crippen LogP contribution in [0.2, 0.25) is 0 Å². The molecular formula is C23H30Cl4PRh+. The zero-order chi connectivity index (χ0) is 22.1. The fourth-order valence-electron chi connectivity index (χ4n) is 4.40. The van der Waals surface area contributed by atoms with Crippen LogP contribution in [-0.4, -0.2) is 16.7 Å². The van der Waals surface area contributed by atoms with E-state index in [0.29, 0.717) is 5.92 Å². The van der Waals surface area contributed by atoms with Gasteiger partial charge in [0.1, 0.15) is 4.33 Å². The summed E-state index contributed by atoms with van der Waals surface area (Å²) in [5, 5.41) is 1.55. The molecule has 5 radical (unpaired) electrons. The van der Waals surface area contributed by atoms with Crippen molar-refractivity contribution in [3.05, 3.63) is 59.4 Å². The first-order chi connectivity index (χ1) is 13.4. The molecule has 3 unspecified atom stereocenters. The van der Waals surface area contributed by atoms with Gasteiger partial charge in [-0.15, -0.1) is 23.2 Å². The molecule has 0 bridgehead atoms. The number of aryl methyl sites for hydroxylation is 1. The number of halogens is 4. The van der Waals surface area contributed by atoms with Gasteiger partial charge in [0, 0.05) is 11.3 Å². The van der Waals surface area contributed by atoms with E-state index >= 15 is 0 Å². The Balaban J connectivity index is 0.000000199. The Kier molecular flexibility index (Phi) is 9.73. The van der Waals surface area contributed by atoms with E-state index in [0.717, 1.165) is 0 Å². The fourth-order valence-corrected chi connectivity index (χ4v) is 9.47. The van der Waals surface area contributed by atoms with Gasteiger partial charge >= 0.3 is 34.5 Å². The van der Waals surface area contributed by atoms with Crippen LogP contribution in [0, 0.1) is 47.8 Å². The summed E-state index contributed by atoms with van der Waals surface area (Å²) in [6.45, 7) is 15.5. The molecule has 3 fully saturated rings. The van der Waals surface area contributed by atoms with E-state index in [1.807, 2.05) is 0 Å². The predicted octanol–water partition coefficient (Wildman–Crippen LogP) is 8.27. The number of alkyl halides is 2. The molecule has 29 heavy (non-hydrogen) atoms. The van der Waals surface area contributed by atoms with Crippen molar-refractivity contribution >= 4 is 55.8 Å². The normalized spacial score (nSPS) is 32.4. The molecule has 0 aromatic heterocycles. The van der Waals surface area contributed by atoms with E-state index in [1.54, 1.807) is 5.30 Å². The Bertz CT molecular complexity index is 640. The summed E-state index contributed by atoms with van der Waals surface area (Å²) in [5.74, 6) is 7.86. The van der Waals surface area contributed by atoms with Crippen molar-refractivity contribution in [2.75, 3.05) is 12.3 Å². The van der Waals surface area contributed by atoms with Gasteiger partial charge in [-0.1, -0.05) is 73.7 Å². The van der Waals surface area contributed by atoms with Gasteiger partial charge in [0.05, 0.1) is 0 Å². The van der Waals surface area contributed by atoms with Crippen molar-refractivity contribution in [3.8, 4) is 0 Å². The third-order valence-electron chi connectivity index (χ3n) is 7.08. The van der Waals surface area contributed by atoms with Crippen molar-refractivity contribution in [1.29, 1.82) is 0 Å². The molecule has 0 N–H and O–H groups in total. The van der Waals surface area contributed by atoms with Crippen LogP contribution in [0.3, 0.4) is 0 Å². The number of benzene rings is 1. The van der Waals surface area contributed by atoms with Crippen LogP contribution in [0.15, 0.2) is 24.3 Å². The van der Waals surface area contributed by atoms with E-state index in [2.05, 4.69) is 72.7 Å². The van der Waals surface area contributed by atoms with E-state index in [-0.39, 0.29) is 28.5 Å². The summed E-state index contributed by atoms with van der Waals surface area (Å²) < 4.78 is -0.436. The first kappa shape index (κ1) is 26.7. The van der Waals surface area contributed by atoms with E-state index in [9.17, 15) is 0 Å². The molecule has 1 heterocycles. The summed E-state index contributed by atoms with van der Waals surface area (Å²) in [6, 6.07) is 8.74. The standard InChI is InChI=1S/C13H15Cl2P.C10H15.2ClH.Rh/c1-9-5-3-4-6-10(9)16-7-11-12(2,8-16)13(11,14)15;1-6-7(2)9(4)10(5)8(6)3;;;/h3-6,11H,7-8H2,1-2H3;1-5H3;2*1H;/q;;;;+3/p-2. The Labute approximate surface area is 205 Å². The van der Waals surface area contributed by atoms with Gasteiger partial charge in [-0.05, 0) is 59.7 Å². The second-order valence-electron chi connectivity index (χ2n) is 8.43. The number of hydrogen-bond acceptors (Lipinski definition) is 0. The van der Waals surface area contributed by atoms with Crippen LogP contribution in [0.4, 0.5) is 0 Å². The summed E-state index contributed by atoms with van der Waals surface area (Å²) in [6.07, 6.45) is 2.41. The molecule has 6 heteroatoms. The molecule has 1 aromatic carbocycles. The SMILES string of the molecule is C[C]1[C](C)[C](C)[C](C)[C]1C.Cc1ccccc1P1CC2C(Cl)(Cl)C2(C)C1.[Cl][Rh+][Cl]. The Morgan fingerprint density at radius 3 is 1.62 bits per heavy atom. The quantitative estimate of drug-likeness (QED) is 0.178. The minimum absolute atomic E-state index is 0.0266. The second kappa shape index (κ2) is 10.6. The fraction of sp³-hybridized carbons (Fsp3) is 0.522. The average molecular weight is 582 g/mol. The summed E-state index contributed by atoms with van der Waals surface area (Å²) in [7, 11) is 9.64. The van der Waals surface area contributed by atoms with Crippen LogP contribution in [-0.2, 0) is 15.1 Å². The molecule has 4 rings (SSSR count). The van der Waals surface area contributed by atoms with Gasteiger partial charge in [-0.3, -0.25) is 0 Å². The van der Waals surface area contributed by atoms with Crippen LogP contribution in [0.25, 0.3) is 0 Å². The van der Waals surface area contributed by atoms with E-state index in [4.69, 9.17) is 42.6 Å². The van der Waals surface area contributed by atoms with Gasteiger partial charge in [-0.2, -0.15) is 0 Å². The second-order valence-corrected chi connectivity index (χ2v) is 14.5. The number of rotatable bonds is 1. The zero-order valence-corrected chi connectivity index (χ0v) is 23.7. The van der Waals surface area contributed by atoms with Crippen molar-refractivity contribution in [2.24, 2.45) is 11.3 Å². The Morgan fingerprint density at radius 2 is 1.28 bits per heavy atom. The first-order valence-electron chi connectivity index (χ1n) is 9.65. The molecule has 3 aliphatic rings. The molecule has 2 saturated carbocycles. The van der Waals surface area contributed by atoms with E-state index < -0.39 is 4.33 Å². The van der Waals surface area contributed by atoms with Crippen molar-refractivity contribution in [3.63, 3.8) is 0 Å². The van der Waals surface area contributed by atoms with E-state index in [1.165, 1.54) is 47.5 Å². The van der Waals surface area contributed by atoms with Crippen molar-refractivity contribution in [2.45, 2.75) is 52.8 Å². The Morgan fingerprint density at radius 1 is 0.862 bits per heavy atom. The summed E-state index contributed by atoms with van der Waals surface area (Å²) >= 11 is 12.4. The molecule has 1 aromatic rings.